The molecule has 0 N–H and O–H groups in total. The summed E-state index contributed by atoms with van der Waals surface area (Å²) < 4.78 is 32.9. The zero-order valence-corrected chi connectivity index (χ0v) is 12.0. The van der Waals surface area contributed by atoms with Gasteiger partial charge in [-0.15, -0.1) is 0 Å². The molecule has 1 saturated heterocycles. The number of amides is 1. The van der Waals surface area contributed by atoms with Crippen LogP contribution in [0.25, 0.3) is 0 Å². The molecule has 2 fully saturated rings. The van der Waals surface area contributed by atoms with Crippen LogP contribution in [0.3, 0.4) is 0 Å². The van der Waals surface area contributed by atoms with E-state index in [1.54, 1.807) is 0 Å². The van der Waals surface area contributed by atoms with Gasteiger partial charge in [-0.3, -0.25) is 4.79 Å². The summed E-state index contributed by atoms with van der Waals surface area (Å²) in [7, 11) is 0. The minimum Gasteiger partial charge on any atom is -0.337 e. The maximum Gasteiger partial charge on any atom is 0.273 e. The summed E-state index contributed by atoms with van der Waals surface area (Å²) in [5.41, 5.74) is 0.0598. The molecule has 0 spiro atoms. The van der Waals surface area contributed by atoms with E-state index in [4.69, 9.17) is 4.52 Å². The van der Waals surface area contributed by atoms with Crippen molar-refractivity contribution in [2.75, 3.05) is 6.54 Å². The summed E-state index contributed by atoms with van der Waals surface area (Å²) in [5.74, 6) is -2.75. The zero-order valence-electron chi connectivity index (χ0n) is 12.0. The van der Waals surface area contributed by atoms with E-state index in [0.29, 0.717) is 5.82 Å². The van der Waals surface area contributed by atoms with Crippen LogP contribution < -0.4 is 0 Å². The monoisotopic (exact) mass is 321 g/mol. The van der Waals surface area contributed by atoms with E-state index >= 15 is 0 Å². The lowest BCUT2D eigenvalue weighted by molar-refractivity contribution is 0.0116. The van der Waals surface area contributed by atoms with Crippen molar-refractivity contribution in [3.05, 3.63) is 36.0 Å². The molecule has 0 aromatic carbocycles. The second-order valence-electron chi connectivity index (χ2n) is 5.87. The number of carbonyl (C=O) groups excluding carboxylic acids is 1. The molecule has 0 bridgehead atoms. The molecule has 0 unspecified atom stereocenters. The molecule has 4 rings (SSSR count). The molecule has 2 aliphatic rings. The number of likely N-dealkylation sites (tertiary alicyclic amines) is 1. The lowest BCUT2D eigenvalue weighted by Gasteiger charge is -2.20. The Kier molecular flexibility index (Phi) is 3.10. The maximum atomic E-state index is 13.9. The molecule has 1 saturated carbocycles. The Morgan fingerprint density at radius 2 is 2.22 bits per heavy atom. The Morgan fingerprint density at radius 1 is 1.39 bits per heavy atom. The largest absolute Gasteiger partial charge is 0.337 e. The van der Waals surface area contributed by atoms with Gasteiger partial charge in [-0.05, 0) is 18.9 Å². The standard InChI is InChI=1S/C14H13F2N5O2/c15-14(16)5-10(12-19-11(20-23-12)8-1-2-8)21(6-14)13(22)9-3-4-17-7-18-9/h3-4,7-8,10H,1-2,5-6H2/t10-/m0/s1. The Morgan fingerprint density at radius 3 is 2.91 bits per heavy atom. The first kappa shape index (κ1) is 14.2. The fourth-order valence-corrected chi connectivity index (χ4v) is 2.71. The molecule has 120 valence electrons. The van der Waals surface area contributed by atoms with Crippen LogP contribution in [0.5, 0.6) is 0 Å². The third-order valence-corrected chi connectivity index (χ3v) is 4.02. The number of rotatable bonds is 3. The van der Waals surface area contributed by atoms with E-state index < -0.39 is 30.8 Å². The summed E-state index contributed by atoms with van der Waals surface area (Å²) in [6, 6.07) is 0.451. The number of carbonyl (C=O) groups is 1. The molecule has 2 aromatic rings. The molecule has 0 radical (unpaired) electrons. The minimum absolute atomic E-state index is 0.0598. The minimum atomic E-state index is -3.00. The van der Waals surface area contributed by atoms with Crippen molar-refractivity contribution >= 4 is 5.91 Å². The van der Waals surface area contributed by atoms with Crippen molar-refractivity contribution in [2.24, 2.45) is 0 Å². The van der Waals surface area contributed by atoms with Gasteiger partial charge in [-0.25, -0.2) is 18.7 Å². The maximum absolute atomic E-state index is 13.9. The highest BCUT2D eigenvalue weighted by Crippen LogP contribution is 2.43. The molecule has 9 heteroatoms. The summed E-state index contributed by atoms with van der Waals surface area (Å²) >= 11 is 0. The molecular weight excluding hydrogens is 308 g/mol. The van der Waals surface area contributed by atoms with Crippen molar-refractivity contribution in [3.8, 4) is 0 Å². The average molecular weight is 321 g/mol. The Labute approximate surface area is 129 Å². The van der Waals surface area contributed by atoms with Gasteiger partial charge in [0.1, 0.15) is 18.1 Å². The number of aromatic nitrogens is 4. The van der Waals surface area contributed by atoms with E-state index in [9.17, 15) is 13.6 Å². The molecule has 1 aliphatic carbocycles. The van der Waals surface area contributed by atoms with E-state index in [-0.39, 0.29) is 17.5 Å². The average Bonchev–Trinajstić information content (AvgIpc) is 3.18. The van der Waals surface area contributed by atoms with Crippen molar-refractivity contribution in [2.45, 2.75) is 37.1 Å². The van der Waals surface area contributed by atoms with E-state index in [2.05, 4.69) is 20.1 Å². The van der Waals surface area contributed by atoms with E-state index in [0.717, 1.165) is 17.7 Å². The van der Waals surface area contributed by atoms with Crippen molar-refractivity contribution < 1.29 is 18.1 Å². The van der Waals surface area contributed by atoms with Crippen LogP contribution in [-0.4, -0.2) is 43.4 Å². The summed E-state index contributed by atoms with van der Waals surface area (Å²) in [4.78, 5) is 25.3. The SMILES string of the molecule is O=C(c1ccncn1)N1CC(F)(F)C[C@H]1c1nc(C2CC2)no1. The number of hydrogen-bond acceptors (Lipinski definition) is 6. The lowest BCUT2D eigenvalue weighted by Crippen LogP contribution is -2.33. The first-order chi connectivity index (χ1) is 11.0. The highest BCUT2D eigenvalue weighted by molar-refractivity contribution is 5.92. The Balaban J connectivity index is 1.64. The van der Waals surface area contributed by atoms with Crippen molar-refractivity contribution in [3.63, 3.8) is 0 Å². The molecular formula is C14H13F2N5O2. The quantitative estimate of drug-likeness (QED) is 0.859. The van der Waals surface area contributed by atoms with Crippen LogP contribution in [0.4, 0.5) is 8.78 Å². The van der Waals surface area contributed by atoms with Gasteiger partial charge < -0.3 is 9.42 Å². The van der Waals surface area contributed by atoms with Crippen LogP contribution in [0, 0.1) is 0 Å². The molecule has 2 aromatic heterocycles. The molecule has 7 nitrogen and oxygen atoms in total. The van der Waals surface area contributed by atoms with Crippen LogP contribution in [-0.2, 0) is 0 Å². The van der Waals surface area contributed by atoms with Crippen LogP contribution in [0.15, 0.2) is 23.1 Å². The number of halogens is 2. The van der Waals surface area contributed by atoms with Gasteiger partial charge >= 0.3 is 0 Å². The lowest BCUT2D eigenvalue weighted by atomic mass is 10.2. The number of hydrogen-bond donors (Lipinski definition) is 0. The predicted octanol–water partition coefficient (Wildman–Crippen LogP) is 1.96. The first-order valence-corrected chi connectivity index (χ1v) is 7.32. The Hall–Kier alpha value is -2.45. The van der Waals surface area contributed by atoms with Crippen LogP contribution in [0.1, 0.15) is 53.4 Å². The van der Waals surface area contributed by atoms with E-state index in [1.165, 1.54) is 18.6 Å². The van der Waals surface area contributed by atoms with Gasteiger partial charge in [0.15, 0.2) is 5.82 Å². The van der Waals surface area contributed by atoms with Gasteiger partial charge in [0.25, 0.3) is 11.8 Å². The van der Waals surface area contributed by atoms with Gasteiger partial charge in [0.05, 0.1) is 6.54 Å². The second-order valence-corrected chi connectivity index (χ2v) is 5.87. The van der Waals surface area contributed by atoms with Crippen molar-refractivity contribution in [1.29, 1.82) is 0 Å². The van der Waals surface area contributed by atoms with Gasteiger partial charge in [0, 0.05) is 18.5 Å². The molecule has 23 heavy (non-hydrogen) atoms. The Bertz CT molecular complexity index is 732. The van der Waals surface area contributed by atoms with Gasteiger partial charge in [0.2, 0.25) is 5.89 Å². The molecule has 1 atom stereocenters. The van der Waals surface area contributed by atoms with E-state index in [1.807, 2.05) is 0 Å². The normalized spacial score (nSPS) is 23.2. The summed E-state index contributed by atoms with van der Waals surface area (Å²) in [6.45, 7) is -0.693. The van der Waals surface area contributed by atoms with Crippen LogP contribution in [0.2, 0.25) is 0 Å². The highest BCUT2D eigenvalue weighted by atomic mass is 19.3. The van der Waals surface area contributed by atoms with Gasteiger partial charge in [-0.1, -0.05) is 5.16 Å². The molecule has 1 amide bonds. The molecule has 3 heterocycles. The third-order valence-electron chi connectivity index (χ3n) is 4.02. The number of nitrogens with zero attached hydrogens (tertiary/aromatic N) is 5. The zero-order chi connectivity index (χ0) is 16.0. The van der Waals surface area contributed by atoms with Gasteiger partial charge in [-0.2, -0.15) is 4.98 Å². The van der Waals surface area contributed by atoms with Crippen molar-refractivity contribution in [1.82, 2.24) is 25.0 Å². The summed E-state index contributed by atoms with van der Waals surface area (Å²) in [6.07, 6.45) is 4.01. The second kappa shape index (κ2) is 5.04. The fourth-order valence-electron chi connectivity index (χ4n) is 2.71. The smallest absolute Gasteiger partial charge is 0.273 e. The highest BCUT2D eigenvalue weighted by Gasteiger charge is 2.50. The third kappa shape index (κ3) is 2.66. The predicted molar refractivity (Wildman–Crippen MR) is 71.6 cm³/mol. The molecule has 1 aliphatic heterocycles. The van der Waals surface area contributed by atoms with Crippen LogP contribution >= 0.6 is 0 Å². The topological polar surface area (TPSA) is 85.0 Å². The first-order valence-electron chi connectivity index (χ1n) is 7.32. The number of alkyl halides is 2. The fraction of sp³-hybridized carbons (Fsp3) is 0.500. The summed E-state index contributed by atoms with van der Waals surface area (Å²) in [5, 5.41) is 3.84.